The molecule has 0 bridgehead atoms. The molecular weight excluding hydrogens is 295 g/mol. The fourth-order valence-electron chi connectivity index (χ4n) is 3.82. The largest absolute Gasteiger partial charge is 0.322 e. The Morgan fingerprint density at radius 3 is 2.35 bits per heavy atom. The van der Waals surface area contributed by atoms with E-state index < -0.39 is 23.3 Å². The van der Waals surface area contributed by atoms with Gasteiger partial charge in [0.15, 0.2) is 5.54 Å². The number of hydrogen-bond acceptors (Lipinski definition) is 2. The summed E-state index contributed by atoms with van der Waals surface area (Å²) in [5, 5.41) is 5.04. The normalized spacial score (nSPS) is 24.4. The van der Waals surface area contributed by atoms with E-state index in [1.165, 1.54) is 17.7 Å². The van der Waals surface area contributed by atoms with Gasteiger partial charge in [-0.2, -0.15) is 0 Å². The molecule has 114 valence electrons. The van der Waals surface area contributed by atoms with Gasteiger partial charge >= 0.3 is 6.03 Å². The predicted octanol–water partition coefficient (Wildman–Crippen LogP) is 2.77. The number of hydrogen-bond donors (Lipinski definition) is 2. The molecular formula is C18H13FN2O2. The Morgan fingerprint density at radius 2 is 1.70 bits per heavy atom. The van der Waals surface area contributed by atoms with Crippen molar-refractivity contribution in [2.75, 3.05) is 0 Å². The van der Waals surface area contributed by atoms with Crippen LogP contribution in [-0.2, 0) is 10.3 Å². The maximum Gasteiger partial charge on any atom is 0.322 e. The van der Waals surface area contributed by atoms with Crippen LogP contribution in [0.4, 0.5) is 9.18 Å². The summed E-state index contributed by atoms with van der Waals surface area (Å²) in [6.07, 6.45) is 2.29. The molecule has 0 radical (unpaired) electrons. The first kappa shape index (κ1) is 12.8. The highest BCUT2D eigenvalue weighted by Crippen LogP contribution is 2.51. The number of benzene rings is 2. The number of nitrogens with one attached hydrogen (secondary N) is 2. The van der Waals surface area contributed by atoms with Crippen molar-refractivity contribution in [2.24, 2.45) is 0 Å². The molecule has 1 heterocycles. The molecule has 1 spiro atoms. The predicted molar refractivity (Wildman–Crippen MR) is 81.3 cm³/mol. The van der Waals surface area contributed by atoms with E-state index in [-0.39, 0.29) is 0 Å². The number of rotatable bonds is 1. The average Bonchev–Trinajstić information content (AvgIpc) is 3.28. The van der Waals surface area contributed by atoms with Crippen molar-refractivity contribution in [1.29, 1.82) is 0 Å². The first-order valence-corrected chi connectivity index (χ1v) is 7.68. The summed E-state index contributed by atoms with van der Waals surface area (Å²) in [7, 11) is 0. The number of carbonyl (C=O) groups excluding carboxylic acids is 2. The topological polar surface area (TPSA) is 58.2 Å². The fourth-order valence-corrected chi connectivity index (χ4v) is 3.82. The molecule has 1 atom stereocenters. The van der Waals surface area contributed by atoms with Crippen LogP contribution in [0, 0.1) is 5.82 Å². The average molecular weight is 308 g/mol. The van der Waals surface area contributed by atoms with Crippen molar-refractivity contribution in [3.8, 4) is 11.1 Å². The number of fused-ring (bicyclic) bond motifs is 5. The fraction of sp³-hybridized carbons (Fsp3) is 0.222. The molecule has 2 aromatic rings. The summed E-state index contributed by atoms with van der Waals surface area (Å²) in [5.41, 5.74) is 2.78. The molecule has 5 heteroatoms. The Labute approximate surface area is 131 Å². The first-order valence-electron chi connectivity index (χ1n) is 7.68. The zero-order valence-corrected chi connectivity index (χ0v) is 12.2. The zero-order chi connectivity index (χ0) is 15.8. The standard InChI is InChI=1S/C18H13FN2O2/c19-11-4-6-13-12-5-3-10(9-1-2-9)7-14(12)18(15(13)8-11)16(22)20-17(23)21-18/h3-9H,1-2H2,(H2,20,21,22,23)/t18-/m0/s1. The van der Waals surface area contributed by atoms with Crippen molar-refractivity contribution in [3.05, 3.63) is 58.9 Å². The van der Waals surface area contributed by atoms with Crippen molar-refractivity contribution >= 4 is 11.9 Å². The number of amides is 3. The minimum absolute atomic E-state index is 0.424. The highest BCUT2D eigenvalue weighted by Gasteiger charge is 2.55. The Balaban J connectivity index is 1.83. The highest BCUT2D eigenvalue weighted by atomic mass is 19.1. The van der Waals surface area contributed by atoms with Gasteiger partial charge in [0.05, 0.1) is 0 Å². The second-order valence-electron chi connectivity index (χ2n) is 6.43. The Bertz CT molecular complexity index is 904. The zero-order valence-electron chi connectivity index (χ0n) is 12.2. The smallest absolute Gasteiger partial charge is 0.316 e. The summed E-state index contributed by atoms with van der Waals surface area (Å²) in [6.45, 7) is 0. The van der Waals surface area contributed by atoms with Gasteiger partial charge in [0.2, 0.25) is 0 Å². The third-order valence-electron chi connectivity index (χ3n) is 5.04. The molecule has 0 aromatic heterocycles. The summed E-state index contributed by atoms with van der Waals surface area (Å²) in [6, 6.07) is 9.89. The minimum Gasteiger partial charge on any atom is -0.316 e. The van der Waals surface area contributed by atoms with Crippen LogP contribution in [0.15, 0.2) is 36.4 Å². The van der Waals surface area contributed by atoms with Crippen molar-refractivity contribution in [3.63, 3.8) is 0 Å². The van der Waals surface area contributed by atoms with Crippen LogP contribution >= 0.6 is 0 Å². The quantitative estimate of drug-likeness (QED) is 0.796. The van der Waals surface area contributed by atoms with Crippen LogP contribution in [0.3, 0.4) is 0 Å². The molecule has 3 aliphatic rings. The van der Waals surface area contributed by atoms with Crippen LogP contribution < -0.4 is 10.6 Å². The highest BCUT2D eigenvalue weighted by molar-refractivity contribution is 6.13. The molecule has 1 saturated carbocycles. The Kier molecular flexibility index (Phi) is 2.22. The summed E-state index contributed by atoms with van der Waals surface area (Å²) in [5.74, 6) is -0.341. The number of urea groups is 1. The molecule has 1 saturated heterocycles. The van der Waals surface area contributed by atoms with Crippen LogP contribution in [0.1, 0.15) is 35.4 Å². The van der Waals surface area contributed by atoms with E-state index in [2.05, 4.69) is 16.7 Å². The number of halogens is 1. The lowest BCUT2D eigenvalue weighted by molar-refractivity contribution is -0.122. The molecule has 3 amide bonds. The molecule has 2 aliphatic carbocycles. The van der Waals surface area contributed by atoms with Crippen LogP contribution in [-0.4, -0.2) is 11.9 Å². The lowest BCUT2D eigenvalue weighted by atomic mass is 9.86. The van der Waals surface area contributed by atoms with E-state index in [0.717, 1.165) is 29.5 Å². The van der Waals surface area contributed by atoms with Crippen molar-refractivity contribution < 1.29 is 14.0 Å². The van der Waals surface area contributed by atoms with Crippen molar-refractivity contribution in [1.82, 2.24) is 10.6 Å². The maximum atomic E-state index is 13.8. The third kappa shape index (κ3) is 1.54. The van der Waals surface area contributed by atoms with Crippen LogP contribution in [0.2, 0.25) is 0 Å². The van der Waals surface area contributed by atoms with E-state index >= 15 is 0 Å². The summed E-state index contributed by atoms with van der Waals surface area (Å²) >= 11 is 0. The molecule has 2 fully saturated rings. The Hall–Kier alpha value is -2.69. The van der Waals surface area contributed by atoms with Crippen molar-refractivity contribution in [2.45, 2.75) is 24.3 Å². The molecule has 4 nitrogen and oxygen atoms in total. The van der Waals surface area contributed by atoms with Crippen LogP contribution in [0.5, 0.6) is 0 Å². The lowest BCUT2D eigenvalue weighted by Crippen LogP contribution is -2.43. The van der Waals surface area contributed by atoms with Gasteiger partial charge in [-0.1, -0.05) is 24.3 Å². The van der Waals surface area contributed by atoms with Gasteiger partial charge in [-0.3, -0.25) is 10.1 Å². The first-order chi connectivity index (χ1) is 11.1. The monoisotopic (exact) mass is 308 g/mol. The second-order valence-corrected chi connectivity index (χ2v) is 6.43. The molecule has 2 N–H and O–H groups in total. The van der Waals surface area contributed by atoms with Gasteiger partial charge in [0.25, 0.3) is 5.91 Å². The molecule has 23 heavy (non-hydrogen) atoms. The van der Waals surface area contributed by atoms with Gasteiger partial charge in [0, 0.05) is 5.56 Å². The number of imide groups is 1. The van der Waals surface area contributed by atoms with Gasteiger partial charge in [-0.05, 0) is 53.1 Å². The van der Waals surface area contributed by atoms with E-state index in [1.807, 2.05) is 12.1 Å². The second kappa shape index (κ2) is 3.98. The van der Waals surface area contributed by atoms with Gasteiger partial charge < -0.3 is 5.32 Å². The molecule has 5 rings (SSSR count). The van der Waals surface area contributed by atoms with Gasteiger partial charge in [0.1, 0.15) is 5.82 Å². The minimum atomic E-state index is -1.31. The van der Waals surface area contributed by atoms with Crippen LogP contribution in [0.25, 0.3) is 11.1 Å². The van der Waals surface area contributed by atoms with E-state index in [1.54, 1.807) is 6.07 Å². The number of carbonyl (C=O) groups is 2. The summed E-state index contributed by atoms with van der Waals surface area (Å²) < 4.78 is 13.8. The SMILES string of the molecule is O=C1NC(=O)[C@@]2(N1)c1cc(F)ccc1-c1ccc(C3CC3)cc12. The summed E-state index contributed by atoms with van der Waals surface area (Å²) in [4.78, 5) is 24.4. The Morgan fingerprint density at radius 1 is 1.00 bits per heavy atom. The third-order valence-corrected chi connectivity index (χ3v) is 5.04. The lowest BCUT2D eigenvalue weighted by Gasteiger charge is -2.23. The van der Waals surface area contributed by atoms with E-state index in [0.29, 0.717) is 11.5 Å². The van der Waals surface area contributed by atoms with Gasteiger partial charge in [-0.25, -0.2) is 9.18 Å². The maximum absolute atomic E-state index is 13.8. The molecule has 1 aliphatic heterocycles. The van der Waals surface area contributed by atoms with Gasteiger partial charge in [-0.15, -0.1) is 0 Å². The molecule has 0 unspecified atom stereocenters. The van der Waals surface area contributed by atoms with E-state index in [4.69, 9.17) is 0 Å². The van der Waals surface area contributed by atoms with E-state index in [9.17, 15) is 14.0 Å². The molecule has 2 aromatic carbocycles.